The van der Waals surface area contributed by atoms with Crippen molar-refractivity contribution in [1.29, 1.82) is 0 Å². The van der Waals surface area contributed by atoms with E-state index in [1.165, 1.54) is 18.4 Å². The monoisotopic (exact) mass is 323 g/mol. The molecule has 0 radical (unpaired) electrons. The highest BCUT2D eigenvalue weighted by Gasteiger charge is 2.35. The van der Waals surface area contributed by atoms with E-state index in [-0.39, 0.29) is 11.3 Å². The number of carbonyl (C=O) groups excluding carboxylic acids is 1. The van der Waals surface area contributed by atoms with Crippen molar-refractivity contribution in [2.45, 2.75) is 37.7 Å². The first kappa shape index (κ1) is 16.7. The SMILES string of the molecule is COCc1cccc(C(=O)NCC2(c3ccccc3)CCCC2)c1. The number of methoxy groups -OCH3 is 1. The average Bonchev–Trinajstić information content (AvgIpc) is 3.11. The van der Waals surface area contributed by atoms with Crippen molar-refractivity contribution in [3.8, 4) is 0 Å². The minimum absolute atomic E-state index is 0.00448. The van der Waals surface area contributed by atoms with E-state index in [1.54, 1.807) is 7.11 Å². The fraction of sp³-hybridized carbons (Fsp3) is 0.381. The van der Waals surface area contributed by atoms with Gasteiger partial charge in [0.25, 0.3) is 5.91 Å². The Morgan fingerprint density at radius 3 is 2.54 bits per heavy atom. The molecule has 1 amide bonds. The second kappa shape index (κ2) is 7.63. The van der Waals surface area contributed by atoms with Gasteiger partial charge in [-0.15, -0.1) is 0 Å². The molecule has 2 aromatic carbocycles. The molecule has 3 nitrogen and oxygen atoms in total. The largest absolute Gasteiger partial charge is 0.380 e. The maximum Gasteiger partial charge on any atom is 0.251 e. The summed E-state index contributed by atoms with van der Waals surface area (Å²) >= 11 is 0. The first-order valence-corrected chi connectivity index (χ1v) is 8.65. The van der Waals surface area contributed by atoms with Gasteiger partial charge in [-0.2, -0.15) is 0 Å². The van der Waals surface area contributed by atoms with Crippen LogP contribution in [0.3, 0.4) is 0 Å². The molecular formula is C21H25NO2. The van der Waals surface area contributed by atoms with Gasteiger partial charge >= 0.3 is 0 Å². The third-order valence-electron chi connectivity index (χ3n) is 5.03. The van der Waals surface area contributed by atoms with E-state index >= 15 is 0 Å². The molecule has 0 aromatic heterocycles. The molecule has 1 N–H and O–H groups in total. The number of rotatable bonds is 6. The molecule has 2 aromatic rings. The molecule has 0 spiro atoms. The summed E-state index contributed by atoms with van der Waals surface area (Å²) < 4.78 is 5.15. The third-order valence-corrected chi connectivity index (χ3v) is 5.03. The van der Waals surface area contributed by atoms with Gasteiger partial charge < -0.3 is 10.1 Å². The maximum atomic E-state index is 12.6. The molecule has 24 heavy (non-hydrogen) atoms. The van der Waals surface area contributed by atoms with Crippen molar-refractivity contribution in [2.24, 2.45) is 0 Å². The lowest BCUT2D eigenvalue weighted by molar-refractivity contribution is 0.0942. The van der Waals surface area contributed by atoms with Crippen LogP contribution in [0.4, 0.5) is 0 Å². The molecule has 0 atom stereocenters. The van der Waals surface area contributed by atoms with E-state index in [0.29, 0.717) is 18.7 Å². The molecule has 0 heterocycles. The van der Waals surface area contributed by atoms with E-state index in [9.17, 15) is 4.79 Å². The van der Waals surface area contributed by atoms with Gasteiger partial charge in [0.05, 0.1) is 6.61 Å². The van der Waals surface area contributed by atoms with Crippen LogP contribution in [0.1, 0.15) is 47.2 Å². The molecule has 1 aliphatic carbocycles. The Kier molecular flexibility index (Phi) is 5.31. The Bertz CT molecular complexity index is 675. The lowest BCUT2D eigenvalue weighted by Crippen LogP contribution is -2.39. The lowest BCUT2D eigenvalue weighted by atomic mass is 9.79. The van der Waals surface area contributed by atoms with Crippen LogP contribution >= 0.6 is 0 Å². The average molecular weight is 323 g/mol. The van der Waals surface area contributed by atoms with Gasteiger partial charge in [0.2, 0.25) is 0 Å². The summed E-state index contributed by atoms with van der Waals surface area (Å²) in [5.41, 5.74) is 3.15. The highest BCUT2D eigenvalue weighted by Crippen LogP contribution is 2.40. The third kappa shape index (κ3) is 3.68. The van der Waals surface area contributed by atoms with Crippen LogP contribution in [0, 0.1) is 0 Å². The summed E-state index contributed by atoms with van der Waals surface area (Å²) in [4.78, 5) is 12.6. The van der Waals surface area contributed by atoms with E-state index < -0.39 is 0 Å². The van der Waals surface area contributed by atoms with Crippen LogP contribution in [0.5, 0.6) is 0 Å². The van der Waals surface area contributed by atoms with E-state index in [0.717, 1.165) is 18.4 Å². The van der Waals surface area contributed by atoms with Crippen LogP contribution in [-0.2, 0) is 16.8 Å². The van der Waals surface area contributed by atoms with E-state index in [2.05, 4.69) is 29.6 Å². The topological polar surface area (TPSA) is 38.3 Å². The van der Waals surface area contributed by atoms with Crippen LogP contribution in [0.2, 0.25) is 0 Å². The molecule has 3 heteroatoms. The van der Waals surface area contributed by atoms with Gasteiger partial charge in [0.15, 0.2) is 0 Å². The number of ether oxygens (including phenoxy) is 1. The van der Waals surface area contributed by atoms with Crippen molar-refractivity contribution in [3.63, 3.8) is 0 Å². The summed E-state index contributed by atoms with van der Waals surface area (Å²) in [6, 6.07) is 18.3. The summed E-state index contributed by atoms with van der Waals surface area (Å²) in [6.45, 7) is 1.22. The van der Waals surface area contributed by atoms with Crippen LogP contribution in [0.15, 0.2) is 54.6 Å². The molecular weight excluding hydrogens is 298 g/mol. The highest BCUT2D eigenvalue weighted by molar-refractivity contribution is 5.94. The van der Waals surface area contributed by atoms with Gasteiger partial charge in [-0.1, -0.05) is 55.3 Å². The highest BCUT2D eigenvalue weighted by atomic mass is 16.5. The second-order valence-corrected chi connectivity index (χ2v) is 6.67. The van der Waals surface area contributed by atoms with Crippen molar-refractivity contribution in [1.82, 2.24) is 5.32 Å². The number of benzene rings is 2. The first-order valence-electron chi connectivity index (χ1n) is 8.65. The van der Waals surface area contributed by atoms with Crippen molar-refractivity contribution in [2.75, 3.05) is 13.7 Å². The van der Waals surface area contributed by atoms with Crippen LogP contribution in [-0.4, -0.2) is 19.6 Å². The van der Waals surface area contributed by atoms with Crippen molar-refractivity contribution >= 4 is 5.91 Å². The molecule has 0 bridgehead atoms. The molecule has 1 fully saturated rings. The normalized spacial score (nSPS) is 16.0. The minimum Gasteiger partial charge on any atom is -0.380 e. The summed E-state index contributed by atoms with van der Waals surface area (Å²) in [5.74, 6) is -0.00448. The Labute approximate surface area is 144 Å². The number of hydrogen-bond acceptors (Lipinski definition) is 2. The fourth-order valence-electron chi connectivity index (χ4n) is 3.73. The number of amides is 1. The Morgan fingerprint density at radius 2 is 1.83 bits per heavy atom. The quantitative estimate of drug-likeness (QED) is 0.870. The zero-order chi connectivity index (χ0) is 16.8. The fourth-order valence-corrected chi connectivity index (χ4v) is 3.73. The standard InChI is InChI=1S/C21H25NO2/c1-24-15-17-8-7-9-18(14-17)20(23)22-16-21(12-5-6-13-21)19-10-3-2-4-11-19/h2-4,7-11,14H,5-6,12-13,15-16H2,1H3,(H,22,23). The summed E-state index contributed by atoms with van der Waals surface area (Å²) in [6.07, 6.45) is 4.74. The molecule has 3 rings (SSSR count). The van der Waals surface area contributed by atoms with Crippen LogP contribution < -0.4 is 5.32 Å². The molecule has 0 aliphatic heterocycles. The maximum absolute atomic E-state index is 12.6. The van der Waals surface area contributed by atoms with Gasteiger partial charge in [-0.05, 0) is 36.1 Å². The molecule has 1 aliphatic rings. The summed E-state index contributed by atoms with van der Waals surface area (Å²) in [5, 5.41) is 3.17. The smallest absolute Gasteiger partial charge is 0.251 e. The van der Waals surface area contributed by atoms with E-state index in [4.69, 9.17) is 4.74 Å². The number of nitrogens with one attached hydrogen (secondary N) is 1. The van der Waals surface area contributed by atoms with Gasteiger partial charge in [-0.3, -0.25) is 4.79 Å². The van der Waals surface area contributed by atoms with Gasteiger partial charge in [0, 0.05) is 24.6 Å². The number of hydrogen-bond donors (Lipinski definition) is 1. The molecule has 126 valence electrons. The van der Waals surface area contributed by atoms with Crippen molar-refractivity contribution in [3.05, 3.63) is 71.3 Å². The zero-order valence-electron chi connectivity index (χ0n) is 14.3. The van der Waals surface area contributed by atoms with Gasteiger partial charge in [-0.25, -0.2) is 0 Å². The Hall–Kier alpha value is -2.13. The lowest BCUT2D eigenvalue weighted by Gasteiger charge is -2.30. The molecule has 0 unspecified atom stereocenters. The Morgan fingerprint density at radius 1 is 1.08 bits per heavy atom. The predicted molar refractivity (Wildman–Crippen MR) is 96.1 cm³/mol. The second-order valence-electron chi connectivity index (χ2n) is 6.67. The Balaban J connectivity index is 1.71. The van der Waals surface area contributed by atoms with E-state index in [1.807, 2.05) is 30.3 Å². The first-order chi connectivity index (χ1) is 11.7. The van der Waals surface area contributed by atoms with Crippen molar-refractivity contribution < 1.29 is 9.53 Å². The van der Waals surface area contributed by atoms with Gasteiger partial charge in [0.1, 0.15) is 0 Å². The number of carbonyl (C=O) groups is 1. The zero-order valence-corrected chi connectivity index (χ0v) is 14.3. The molecule has 1 saturated carbocycles. The van der Waals surface area contributed by atoms with Crippen LogP contribution in [0.25, 0.3) is 0 Å². The summed E-state index contributed by atoms with van der Waals surface area (Å²) in [7, 11) is 1.66. The molecule has 0 saturated heterocycles. The minimum atomic E-state index is -0.00448. The predicted octanol–water partition coefficient (Wildman–Crippen LogP) is 4.07.